The van der Waals surface area contributed by atoms with E-state index in [2.05, 4.69) is 58.6 Å². The second-order valence-corrected chi connectivity index (χ2v) is 6.74. The summed E-state index contributed by atoms with van der Waals surface area (Å²) in [4.78, 5) is 20.4. The van der Waals surface area contributed by atoms with E-state index < -0.39 is 0 Å². The number of guanidine groups is 1. The molecule has 0 spiro atoms. The molecule has 6 heteroatoms. The highest BCUT2D eigenvalue weighted by molar-refractivity contribution is 5.80. The maximum absolute atomic E-state index is 11.8. The van der Waals surface area contributed by atoms with Gasteiger partial charge in [0.1, 0.15) is 0 Å². The summed E-state index contributed by atoms with van der Waals surface area (Å²) in [5.74, 6) is 1.04. The summed E-state index contributed by atoms with van der Waals surface area (Å²) in [5.41, 5.74) is 2.53. The lowest BCUT2D eigenvalue weighted by Gasteiger charge is -2.25. The molecule has 144 valence electrons. The Morgan fingerprint density at radius 3 is 2.85 bits per heavy atom. The summed E-state index contributed by atoms with van der Waals surface area (Å²) in [6.45, 7) is 10.5. The van der Waals surface area contributed by atoms with Gasteiger partial charge < -0.3 is 20.4 Å². The minimum atomic E-state index is 0.231. The molecule has 1 unspecified atom stereocenters. The van der Waals surface area contributed by atoms with Crippen molar-refractivity contribution < 1.29 is 4.79 Å². The summed E-state index contributed by atoms with van der Waals surface area (Å²) in [7, 11) is 1.79. The van der Waals surface area contributed by atoms with Crippen LogP contribution in [-0.4, -0.2) is 62.6 Å². The fourth-order valence-corrected chi connectivity index (χ4v) is 3.32. The molecule has 1 aromatic carbocycles. The Hall–Kier alpha value is -2.24. The van der Waals surface area contributed by atoms with Crippen LogP contribution >= 0.6 is 0 Å². The normalized spacial score (nSPS) is 17.3. The predicted molar refractivity (Wildman–Crippen MR) is 109 cm³/mol. The van der Waals surface area contributed by atoms with Crippen molar-refractivity contribution in [1.82, 2.24) is 15.5 Å². The van der Waals surface area contributed by atoms with Gasteiger partial charge in [0.05, 0.1) is 0 Å². The molecule has 2 N–H and O–H groups in total. The average Bonchev–Trinajstić information content (AvgIpc) is 3.12. The maximum Gasteiger partial charge on any atom is 0.222 e. The fraction of sp³-hybridized carbons (Fsp3) is 0.600. The van der Waals surface area contributed by atoms with Crippen molar-refractivity contribution in [2.45, 2.75) is 39.7 Å². The molecule has 6 nitrogen and oxygen atoms in total. The molecule has 0 bridgehead atoms. The van der Waals surface area contributed by atoms with Gasteiger partial charge in [-0.15, -0.1) is 0 Å². The minimum Gasteiger partial charge on any atom is -0.370 e. The SMILES string of the molecule is CCC(=O)N1CCC(NC(=NC)NCCN(CC)c2cccc(C)c2)C1. The minimum absolute atomic E-state index is 0.231. The molecule has 1 saturated heterocycles. The fourth-order valence-electron chi connectivity index (χ4n) is 3.32. The van der Waals surface area contributed by atoms with Crippen molar-refractivity contribution in [2.75, 3.05) is 44.7 Å². The van der Waals surface area contributed by atoms with Crippen LogP contribution in [0.15, 0.2) is 29.3 Å². The molecule has 1 aliphatic rings. The Kier molecular flexibility index (Phi) is 7.75. The lowest BCUT2D eigenvalue weighted by Crippen LogP contribution is -2.47. The first-order valence-electron chi connectivity index (χ1n) is 9.63. The van der Waals surface area contributed by atoms with Crippen molar-refractivity contribution in [3.63, 3.8) is 0 Å². The highest BCUT2D eigenvalue weighted by atomic mass is 16.2. The standard InChI is InChI=1S/C20H33N5O/c1-5-19(26)25-12-10-17(15-25)23-20(21-4)22-11-13-24(6-2)18-9-7-8-16(3)14-18/h7-9,14,17H,5-6,10-13,15H2,1-4H3,(H2,21,22,23). The van der Waals surface area contributed by atoms with E-state index in [1.165, 1.54) is 11.3 Å². The number of carbonyl (C=O) groups excluding carboxylic acids is 1. The largest absolute Gasteiger partial charge is 0.370 e. The number of aliphatic imine (C=N–C) groups is 1. The van der Waals surface area contributed by atoms with E-state index in [1.807, 2.05) is 11.8 Å². The third-order valence-electron chi connectivity index (χ3n) is 4.83. The number of hydrogen-bond donors (Lipinski definition) is 2. The first-order chi connectivity index (χ1) is 12.6. The summed E-state index contributed by atoms with van der Waals surface area (Å²) in [6.07, 6.45) is 1.54. The Morgan fingerprint density at radius 2 is 2.19 bits per heavy atom. The number of anilines is 1. The zero-order valence-corrected chi connectivity index (χ0v) is 16.6. The first-order valence-corrected chi connectivity index (χ1v) is 9.63. The van der Waals surface area contributed by atoms with Crippen LogP contribution in [-0.2, 0) is 4.79 Å². The maximum atomic E-state index is 11.8. The van der Waals surface area contributed by atoms with E-state index in [1.54, 1.807) is 7.05 Å². The Labute approximate surface area is 157 Å². The summed E-state index contributed by atoms with van der Waals surface area (Å²) < 4.78 is 0. The molecule has 1 aliphatic heterocycles. The number of likely N-dealkylation sites (tertiary alicyclic amines) is 1. The Morgan fingerprint density at radius 1 is 1.38 bits per heavy atom. The molecule has 1 fully saturated rings. The van der Waals surface area contributed by atoms with Crippen LogP contribution in [0.4, 0.5) is 5.69 Å². The summed E-state index contributed by atoms with van der Waals surface area (Å²) in [5, 5.41) is 6.84. The van der Waals surface area contributed by atoms with Gasteiger partial charge in [-0.05, 0) is 38.0 Å². The average molecular weight is 360 g/mol. The van der Waals surface area contributed by atoms with Crippen molar-refractivity contribution in [3.05, 3.63) is 29.8 Å². The lowest BCUT2D eigenvalue weighted by molar-refractivity contribution is -0.129. The van der Waals surface area contributed by atoms with Gasteiger partial charge in [-0.1, -0.05) is 19.1 Å². The number of hydrogen-bond acceptors (Lipinski definition) is 3. The van der Waals surface area contributed by atoms with Gasteiger partial charge >= 0.3 is 0 Å². The number of likely N-dealkylation sites (N-methyl/N-ethyl adjacent to an activating group) is 1. The number of carbonyl (C=O) groups is 1. The number of benzene rings is 1. The lowest BCUT2D eigenvalue weighted by atomic mass is 10.2. The second kappa shape index (κ2) is 10.0. The Bertz CT molecular complexity index is 616. The van der Waals surface area contributed by atoms with Crippen LogP contribution < -0.4 is 15.5 Å². The first kappa shape index (κ1) is 20.1. The number of rotatable bonds is 7. The summed E-state index contributed by atoms with van der Waals surface area (Å²) in [6, 6.07) is 8.87. The molecule has 0 saturated carbocycles. The van der Waals surface area contributed by atoms with Crippen LogP contribution in [0, 0.1) is 6.92 Å². The van der Waals surface area contributed by atoms with E-state index in [-0.39, 0.29) is 11.9 Å². The third kappa shape index (κ3) is 5.64. The van der Waals surface area contributed by atoms with E-state index in [0.29, 0.717) is 6.42 Å². The number of nitrogens with zero attached hydrogens (tertiary/aromatic N) is 3. The molecular formula is C20H33N5O. The smallest absolute Gasteiger partial charge is 0.222 e. The third-order valence-corrected chi connectivity index (χ3v) is 4.83. The van der Waals surface area contributed by atoms with Crippen molar-refractivity contribution >= 4 is 17.6 Å². The van der Waals surface area contributed by atoms with Crippen molar-refractivity contribution in [1.29, 1.82) is 0 Å². The van der Waals surface area contributed by atoms with Gasteiger partial charge in [-0.25, -0.2) is 0 Å². The quantitative estimate of drug-likeness (QED) is 0.577. The molecular weight excluding hydrogens is 326 g/mol. The van der Waals surface area contributed by atoms with E-state index in [0.717, 1.165) is 45.1 Å². The number of aryl methyl sites for hydroxylation is 1. The molecule has 1 aromatic rings. The monoisotopic (exact) mass is 359 g/mol. The number of amides is 1. The topological polar surface area (TPSA) is 60.0 Å². The molecule has 2 rings (SSSR count). The highest BCUT2D eigenvalue weighted by Crippen LogP contribution is 2.15. The predicted octanol–water partition coefficient (Wildman–Crippen LogP) is 2.00. The van der Waals surface area contributed by atoms with Crippen LogP contribution in [0.3, 0.4) is 0 Å². The number of nitrogens with one attached hydrogen (secondary N) is 2. The highest BCUT2D eigenvalue weighted by Gasteiger charge is 2.25. The van der Waals surface area contributed by atoms with Crippen LogP contribution in [0.2, 0.25) is 0 Å². The van der Waals surface area contributed by atoms with Gasteiger partial charge in [-0.3, -0.25) is 9.79 Å². The molecule has 26 heavy (non-hydrogen) atoms. The van der Waals surface area contributed by atoms with Gasteiger partial charge in [0.2, 0.25) is 5.91 Å². The molecule has 0 aliphatic carbocycles. The van der Waals surface area contributed by atoms with Crippen LogP contribution in [0.25, 0.3) is 0 Å². The molecule has 0 radical (unpaired) electrons. The zero-order valence-electron chi connectivity index (χ0n) is 16.6. The van der Waals surface area contributed by atoms with Gasteiger partial charge in [0.15, 0.2) is 5.96 Å². The molecule has 0 aromatic heterocycles. The van der Waals surface area contributed by atoms with E-state index in [4.69, 9.17) is 0 Å². The Balaban J connectivity index is 1.79. The zero-order chi connectivity index (χ0) is 18.9. The van der Waals surface area contributed by atoms with Gasteiger partial charge in [0.25, 0.3) is 0 Å². The van der Waals surface area contributed by atoms with Gasteiger partial charge in [-0.2, -0.15) is 0 Å². The van der Waals surface area contributed by atoms with Crippen LogP contribution in [0.1, 0.15) is 32.3 Å². The van der Waals surface area contributed by atoms with E-state index >= 15 is 0 Å². The molecule has 1 atom stereocenters. The molecule has 1 amide bonds. The van der Waals surface area contributed by atoms with Crippen molar-refractivity contribution in [3.8, 4) is 0 Å². The van der Waals surface area contributed by atoms with Crippen LogP contribution in [0.5, 0.6) is 0 Å². The van der Waals surface area contributed by atoms with Gasteiger partial charge in [0, 0.05) is 57.9 Å². The van der Waals surface area contributed by atoms with E-state index in [9.17, 15) is 4.79 Å². The second-order valence-electron chi connectivity index (χ2n) is 6.74. The van der Waals surface area contributed by atoms with Crippen molar-refractivity contribution in [2.24, 2.45) is 4.99 Å². The summed E-state index contributed by atoms with van der Waals surface area (Å²) >= 11 is 0. The molecule has 1 heterocycles.